The van der Waals surface area contributed by atoms with Crippen LogP contribution in [0.1, 0.15) is 51.4 Å². The van der Waals surface area contributed by atoms with Crippen molar-refractivity contribution in [1.29, 1.82) is 0 Å². The SMILES string of the molecule is Cc1cccc2c1/C(=C/c1c(Cl)cccc1C1CC1)C(=O)N2c1ccc(C(=O)O)c(F)c1. The maximum Gasteiger partial charge on any atom is 0.338 e. The average Bonchev–Trinajstić information content (AvgIpc) is 3.54. The van der Waals surface area contributed by atoms with Gasteiger partial charge in [-0.25, -0.2) is 9.18 Å². The predicted octanol–water partition coefficient (Wildman–Crippen LogP) is 6.58. The molecule has 1 N–H and O–H groups in total. The zero-order chi connectivity index (χ0) is 22.6. The summed E-state index contributed by atoms with van der Waals surface area (Å²) in [6, 6.07) is 15.1. The molecule has 1 aliphatic carbocycles. The summed E-state index contributed by atoms with van der Waals surface area (Å²) in [5.41, 5.74) is 4.58. The average molecular weight is 448 g/mol. The summed E-state index contributed by atoms with van der Waals surface area (Å²) in [6.45, 7) is 1.92. The lowest BCUT2D eigenvalue weighted by Crippen LogP contribution is -2.21. The van der Waals surface area contributed by atoms with Gasteiger partial charge in [-0.3, -0.25) is 9.69 Å². The van der Waals surface area contributed by atoms with Gasteiger partial charge in [-0.2, -0.15) is 0 Å². The van der Waals surface area contributed by atoms with Crippen LogP contribution >= 0.6 is 11.6 Å². The fraction of sp³-hybridized carbons (Fsp3) is 0.154. The lowest BCUT2D eigenvalue weighted by molar-refractivity contribution is -0.112. The predicted molar refractivity (Wildman–Crippen MR) is 123 cm³/mol. The van der Waals surface area contributed by atoms with E-state index in [2.05, 4.69) is 0 Å². The molecule has 4 nitrogen and oxygen atoms in total. The quantitative estimate of drug-likeness (QED) is 0.459. The second kappa shape index (κ2) is 7.61. The third-order valence-electron chi connectivity index (χ3n) is 6.03. The standard InChI is InChI=1S/C26H19ClFNO3/c1-14-4-2-7-23-24(14)20(13-19-17(15-8-9-15)5-3-6-21(19)27)25(30)29(23)16-10-11-18(26(31)32)22(28)12-16/h2-7,10-13,15H,8-9H2,1H3,(H,31,32)/b20-13-. The first-order valence-corrected chi connectivity index (χ1v) is 10.7. The maximum absolute atomic E-state index is 14.4. The van der Waals surface area contributed by atoms with E-state index in [1.54, 1.807) is 6.07 Å². The second-order valence-electron chi connectivity index (χ2n) is 8.15. The number of hydrogen-bond donors (Lipinski definition) is 1. The van der Waals surface area contributed by atoms with Gasteiger partial charge in [0.1, 0.15) is 5.82 Å². The van der Waals surface area contributed by atoms with E-state index in [0.717, 1.165) is 41.2 Å². The van der Waals surface area contributed by atoms with Crippen molar-refractivity contribution in [3.05, 3.63) is 93.3 Å². The molecule has 1 heterocycles. The number of hydrogen-bond acceptors (Lipinski definition) is 2. The lowest BCUT2D eigenvalue weighted by Gasteiger charge is -2.18. The highest BCUT2D eigenvalue weighted by Crippen LogP contribution is 2.47. The van der Waals surface area contributed by atoms with E-state index >= 15 is 0 Å². The molecule has 1 amide bonds. The van der Waals surface area contributed by atoms with Crippen LogP contribution in [-0.4, -0.2) is 17.0 Å². The Morgan fingerprint density at radius 3 is 2.59 bits per heavy atom. The van der Waals surface area contributed by atoms with Crippen LogP contribution in [0.3, 0.4) is 0 Å². The number of rotatable bonds is 4. The molecule has 3 aromatic carbocycles. The summed E-state index contributed by atoms with van der Waals surface area (Å²) in [4.78, 5) is 26.3. The Morgan fingerprint density at radius 1 is 1.16 bits per heavy atom. The Balaban J connectivity index is 1.68. The van der Waals surface area contributed by atoms with Crippen molar-refractivity contribution in [1.82, 2.24) is 0 Å². The van der Waals surface area contributed by atoms with E-state index in [4.69, 9.17) is 16.7 Å². The summed E-state index contributed by atoms with van der Waals surface area (Å²) in [5, 5.41) is 9.72. The Kier molecular flexibility index (Phi) is 4.86. The summed E-state index contributed by atoms with van der Waals surface area (Å²) in [6.07, 6.45) is 4.04. The Labute approximate surface area is 189 Å². The largest absolute Gasteiger partial charge is 0.478 e. The summed E-state index contributed by atoms with van der Waals surface area (Å²) >= 11 is 6.54. The maximum atomic E-state index is 14.4. The van der Waals surface area contributed by atoms with Crippen molar-refractivity contribution in [2.45, 2.75) is 25.7 Å². The number of anilines is 2. The molecular formula is C26H19ClFNO3. The first-order valence-electron chi connectivity index (χ1n) is 10.3. The van der Waals surface area contributed by atoms with Gasteiger partial charge in [-0.1, -0.05) is 35.9 Å². The second-order valence-corrected chi connectivity index (χ2v) is 8.56. The van der Waals surface area contributed by atoms with E-state index in [1.807, 2.05) is 43.3 Å². The van der Waals surface area contributed by atoms with E-state index in [1.165, 1.54) is 17.0 Å². The minimum atomic E-state index is -1.36. The van der Waals surface area contributed by atoms with Crippen LogP contribution in [0, 0.1) is 12.7 Å². The number of aryl methyl sites for hydroxylation is 1. The molecule has 0 unspecified atom stereocenters. The molecule has 1 saturated carbocycles. The molecule has 1 aliphatic heterocycles. The number of fused-ring (bicyclic) bond motifs is 1. The third-order valence-corrected chi connectivity index (χ3v) is 6.36. The molecule has 2 aliphatic rings. The highest BCUT2D eigenvalue weighted by Gasteiger charge is 2.36. The first kappa shape index (κ1) is 20.5. The van der Waals surface area contributed by atoms with Gasteiger partial charge in [-0.15, -0.1) is 0 Å². The molecule has 5 rings (SSSR count). The number of aromatic carboxylic acids is 1. The van der Waals surface area contributed by atoms with Gasteiger partial charge < -0.3 is 5.11 Å². The van der Waals surface area contributed by atoms with Crippen LogP contribution in [0.2, 0.25) is 5.02 Å². The van der Waals surface area contributed by atoms with Crippen molar-refractivity contribution in [2.24, 2.45) is 0 Å². The zero-order valence-electron chi connectivity index (χ0n) is 17.2. The van der Waals surface area contributed by atoms with Crippen LogP contribution in [0.5, 0.6) is 0 Å². The number of nitrogens with zero attached hydrogens (tertiary/aromatic N) is 1. The van der Waals surface area contributed by atoms with Crippen molar-refractivity contribution in [3.63, 3.8) is 0 Å². The molecule has 32 heavy (non-hydrogen) atoms. The Bertz CT molecular complexity index is 1330. The van der Waals surface area contributed by atoms with Crippen LogP contribution in [0.25, 0.3) is 11.6 Å². The summed E-state index contributed by atoms with van der Waals surface area (Å²) in [5.74, 6) is -2.11. The van der Waals surface area contributed by atoms with E-state index in [9.17, 15) is 14.0 Å². The highest BCUT2D eigenvalue weighted by atomic mass is 35.5. The molecule has 0 bridgehead atoms. The van der Waals surface area contributed by atoms with Gasteiger partial charge in [0.2, 0.25) is 0 Å². The molecule has 0 aromatic heterocycles. The van der Waals surface area contributed by atoms with Crippen molar-refractivity contribution < 1.29 is 19.1 Å². The number of carboxylic acid groups (broad SMARTS) is 1. The monoisotopic (exact) mass is 447 g/mol. The van der Waals surface area contributed by atoms with Gasteiger partial charge in [-0.05, 0) is 78.8 Å². The molecule has 0 radical (unpaired) electrons. The topological polar surface area (TPSA) is 57.6 Å². The first-order chi connectivity index (χ1) is 15.4. The van der Waals surface area contributed by atoms with Crippen molar-refractivity contribution in [3.8, 4) is 0 Å². The Hall–Kier alpha value is -3.44. The summed E-state index contributed by atoms with van der Waals surface area (Å²) < 4.78 is 14.4. The van der Waals surface area contributed by atoms with E-state index in [-0.39, 0.29) is 11.6 Å². The molecular weight excluding hydrogens is 429 g/mol. The number of benzene rings is 3. The summed E-state index contributed by atoms with van der Waals surface area (Å²) in [7, 11) is 0. The molecule has 6 heteroatoms. The molecule has 160 valence electrons. The molecule has 0 saturated heterocycles. The number of carbonyl (C=O) groups is 2. The Morgan fingerprint density at radius 2 is 1.91 bits per heavy atom. The van der Waals surface area contributed by atoms with Crippen LogP contribution in [0.4, 0.5) is 15.8 Å². The fourth-order valence-corrected chi connectivity index (χ4v) is 4.57. The fourth-order valence-electron chi connectivity index (χ4n) is 4.33. The smallest absolute Gasteiger partial charge is 0.338 e. The molecule has 0 spiro atoms. The lowest BCUT2D eigenvalue weighted by atomic mass is 9.96. The normalized spacial score (nSPS) is 16.5. The number of carboxylic acids is 1. The van der Waals surface area contributed by atoms with Gasteiger partial charge in [0.25, 0.3) is 5.91 Å². The van der Waals surface area contributed by atoms with Crippen molar-refractivity contribution in [2.75, 3.05) is 4.90 Å². The van der Waals surface area contributed by atoms with Crippen LogP contribution < -0.4 is 4.90 Å². The van der Waals surface area contributed by atoms with Gasteiger partial charge in [0.05, 0.1) is 22.5 Å². The van der Waals surface area contributed by atoms with Gasteiger partial charge in [0, 0.05) is 10.6 Å². The number of carbonyl (C=O) groups excluding carboxylic acids is 1. The number of amides is 1. The van der Waals surface area contributed by atoms with Crippen LogP contribution in [0.15, 0.2) is 54.6 Å². The van der Waals surface area contributed by atoms with Gasteiger partial charge >= 0.3 is 5.97 Å². The minimum absolute atomic E-state index is 0.273. The molecule has 1 fully saturated rings. The minimum Gasteiger partial charge on any atom is -0.478 e. The molecule has 3 aromatic rings. The van der Waals surface area contributed by atoms with Crippen molar-refractivity contribution >= 4 is 46.5 Å². The van der Waals surface area contributed by atoms with Gasteiger partial charge in [0.15, 0.2) is 0 Å². The van der Waals surface area contributed by atoms with E-state index in [0.29, 0.717) is 22.2 Å². The van der Waals surface area contributed by atoms with Crippen LogP contribution in [-0.2, 0) is 4.79 Å². The molecule has 0 atom stereocenters. The van der Waals surface area contributed by atoms with E-state index < -0.39 is 17.3 Å². The number of halogens is 2. The third kappa shape index (κ3) is 3.30. The highest BCUT2D eigenvalue weighted by molar-refractivity contribution is 6.39. The zero-order valence-corrected chi connectivity index (χ0v) is 18.0.